The summed E-state index contributed by atoms with van der Waals surface area (Å²) < 4.78 is 1.96. The van der Waals surface area contributed by atoms with Gasteiger partial charge in [0.15, 0.2) is 0 Å². The number of carbonyl (C=O) groups excluding carboxylic acids is 1. The van der Waals surface area contributed by atoms with Crippen molar-refractivity contribution >= 4 is 11.9 Å². The number of nitrogens with zero attached hydrogens (tertiary/aromatic N) is 3. The van der Waals surface area contributed by atoms with Gasteiger partial charge in [-0.25, -0.2) is 0 Å². The SMILES string of the molecule is Cc1nn(CC(C)C)c(C)c1CC(=O)N1CC[C@@H](C(=O)O)C1. The molecule has 1 aliphatic heterocycles. The molecule has 6 heteroatoms. The molecule has 22 heavy (non-hydrogen) atoms. The van der Waals surface area contributed by atoms with E-state index in [0.29, 0.717) is 31.8 Å². The Labute approximate surface area is 131 Å². The molecule has 0 radical (unpaired) electrons. The van der Waals surface area contributed by atoms with E-state index in [2.05, 4.69) is 18.9 Å². The molecule has 0 saturated carbocycles. The second-order valence-electron chi connectivity index (χ2n) is 6.57. The molecule has 2 rings (SSSR count). The van der Waals surface area contributed by atoms with Gasteiger partial charge in [-0.1, -0.05) is 13.8 Å². The third-order valence-corrected chi connectivity index (χ3v) is 4.29. The molecule has 1 aromatic rings. The van der Waals surface area contributed by atoms with Crippen molar-refractivity contribution in [2.45, 2.75) is 47.1 Å². The van der Waals surface area contributed by atoms with Crippen LogP contribution in [0.5, 0.6) is 0 Å². The summed E-state index contributed by atoms with van der Waals surface area (Å²) in [4.78, 5) is 25.1. The third kappa shape index (κ3) is 3.48. The van der Waals surface area contributed by atoms with Gasteiger partial charge in [0.1, 0.15) is 0 Å². The molecule has 1 amide bonds. The predicted molar refractivity (Wildman–Crippen MR) is 82.6 cm³/mol. The molecule has 0 aromatic carbocycles. The fourth-order valence-electron chi connectivity index (χ4n) is 2.96. The van der Waals surface area contributed by atoms with Crippen LogP contribution in [0.15, 0.2) is 0 Å². The number of hydrogen-bond acceptors (Lipinski definition) is 3. The first-order valence-corrected chi connectivity index (χ1v) is 7.83. The lowest BCUT2D eigenvalue weighted by atomic mass is 10.1. The molecule has 1 aromatic heterocycles. The monoisotopic (exact) mass is 307 g/mol. The van der Waals surface area contributed by atoms with Crippen molar-refractivity contribution in [1.82, 2.24) is 14.7 Å². The summed E-state index contributed by atoms with van der Waals surface area (Å²) in [6.07, 6.45) is 0.855. The molecular formula is C16H25N3O3. The van der Waals surface area contributed by atoms with Crippen LogP contribution in [-0.2, 0) is 22.6 Å². The van der Waals surface area contributed by atoms with E-state index in [0.717, 1.165) is 23.5 Å². The number of hydrogen-bond donors (Lipinski definition) is 1. The lowest BCUT2D eigenvalue weighted by molar-refractivity contribution is -0.141. The van der Waals surface area contributed by atoms with Crippen molar-refractivity contribution in [2.75, 3.05) is 13.1 Å². The highest BCUT2D eigenvalue weighted by atomic mass is 16.4. The predicted octanol–water partition coefficient (Wildman–Crippen LogP) is 1.63. The number of carbonyl (C=O) groups is 2. The third-order valence-electron chi connectivity index (χ3n) is 4.29. The first kappa shape index (κ1) is 16.5. The maximum atomic E-state index is 12.4. The zero-order valence-corrected chi connectivity index (χ0v) is 13.8. The van der Waals surface area contributed by atoms with Crippen LogP contribution in [0.2, 0.25) is 0 Å². The molecule has 2 heterocycles. The van der Waals surface area contributed by atoms with E-state index < -0.39 is 11.9 Å². The number of aromatic nitrogens is 2. The van der Waals surface area contributed by atoms with Crippen molar-refractivity contribution < 1.29 is 14.7 Å². The summed E-state index contributed by atoms with van der Waals surface area (Å²) in [7, 11) is 0. The number of rotatable bonds is 5. The van der Waals surface area contributed by atoms with Crippen LogP contribution >= 0.6 is 0 Å². The van der Waals surface area contributed by atoms with Crippen molar-refractivity contribution in [3.05, 3.63) is 17.0 Å². The van der Waals surface area contributed by atoms with Crippen LogP contribution in [0.1, 0.15) is 37.2 Å². The second kappa shape index (κ2) is 6.50. The summed E-state index contributed by atoms with van der Waals surface area (Å²) >= 11 is 0. The van der Waals surface area contributed by atoms with Gasteiger partial charge in [0, 0.05) is 30.9 Å². The molecular weight excluding hydrogens is 282 g/mol. The van der Waals surface area contributed by atoms with Crippen molar-refractivity contribution in [3.8, 4) is 0 Å². The Hall–Kier alpha value is -1.85. The highest BCUT2D eigenvalue weighted by Crippen LogP contribution is 2.20. The maximum absolute atomic E-state index is 12.4. The molecule has 1 fully saturated rings. The normalized spacial score (nSPS) is 18.2. The molecule has 0 aliphatic carbocycles. The summed E-state index contributed by atoms with van der Waals surface area (Å²) in [5.74, 6) is -0.738. The molecule has 1 atom stereocenters. The van der Waals surface area contributed by atoms with Gasteiger partial charge in [-0.05, 0) is 26.2 Å². The number of aryl methyl sites for hydroxylation is 1. The minimum Gasteiger partial charge on any atom is -0.481 e. The van der Waals surface area contributed by atoms with E-state index in [1.165, 1.54) is 0 Å². The largest absolute Gasteiger partial charge is 0.481 e. The highest BCUT2D eigenvalue weighted by Gasteiger charge is 2.31. The average Bonchev–Trinajstić information content (AvgIpc) is 3.00. The fourth-order valence-corrected chi connectivity index (χ4v) is 2.96. The zero-order valence-electron chi connectivity index (χ0n) is 13.8. The van der Waals surface area contributed by atoms with Crippen molar-refractivity contribution in [1.29, 1.82) is 0 Å². The second-order valence-corrected chi connectivity index (χ2v) is 6.57. The summed E-state index contributed by atoms with van der Waals surface area (Å²) in [6, 6.07) is 0. The fraction of sp³-hybridized carbons (Fsp3) is 0.688. The van der Waals surface area contributed by atoms with Gasteiger partial charge < -0.3 is 10.0 Å². The Morgan fingerprint density at radius 1 is 1.36 bits per heavy atom. The topological polar surface area (TPSA) is 75.4 Å². The Morgan fingerprint density at radius 2 is 2.05 bits per heavy atom. The van der Waals surface area contributed by atoms with Gasteiger partial charge in [-0.15, -0.1) is 0 Å². The minimum atomic E-state index is -0.813. The van der Waals surface area contributed by atoms with Gasteiger partial charge in [-0.3, -0.25) is 14.3 Å². The summed E-state index contributed by atoms with van der Waals surface area (Å²) in [5.41, 5.74) is 2.90. The first-order chi connectivity index (χ1) is 10.3. The molecule has 0 unspecified atom stereocenters. The lowest BCUT2D eigenvalue weighted by Gasteiger charge is -2.16. The standard InChI is InChI=1S/C16H25N3O3/c1-10(2)8-19-12(4)14(11(3)17-19)7-15(20)18-6-5-13(9-18)16(21)22/h10,13H,5-9H2,1-4H3,(H,21,22)/t13-/m1/s1. The quantitative estimate of drug-likeness (QED) is 0.897. The first-order valence-electron chi connectivity index (χ1n) is 7.83. The molecule has 6 nitrogen and oxygen atoms in total. The van der Waals surface area contributed by atoms with Crippen molar-refractivity contribution in [2.24, 2.45) is 11.8 Å². The number of carboxylic acids is 1. The smallest absolute Gasteiger partial charge is 0.308 e. The van der Waals surface area contributed by atoms with E-state index in [1.54, 1.807) is 4.90 Å². The number of carboxylic acid groups (broad SMARTS) is 1. The number of aliphatic carboxylic acids is 1. The molecule has 0 spiro atoms. The maximum Gasteiger partial charge on any atom is 0.308 e. The van der Waals surface area contributed by atoms with E-state index in [9.17, 15) is 9.59 Å². The highest BCUT2D eigenvalue weighted by molar-refractivity contribution is 5.81. The summed E-state index contributed by atoms with van der Waals surface area (Å²) in [6.45, 7) is 9.90. The molecule has 1 aliphatic rings. The Morgan fingerprint density at radius 3 is 2.59 bits per heavy atom. The Kier molecular flexibility index (Phi) is 4.88. The van der Waals surface area contributed by atoms with Gasteiger partial charge >= 0.3 is 5.97 Å². The number of likely N-dealkylation sites (tertiary alicyclic amines) is 1. The molecule has 0 bridgehead atoms. The van der Waals surface area contributed by atoms with Crippen LogP contribution in [0.4, 0.5) is 0 Å². The van der Waals surface area contributed by atoms with Gasteiger partial charge in [0.05, 0.1) is 18.0 Å². The van der Waals surface area contributed by atoms with Crippen LogP contribution in [0, 0.1) is 25.7 Å². The van der Waals surface area contributed by atoms with Gasteiger partial charge in [-0.2, -0.15) is 5.10 Å². The zero-order chi connectivity index (χ0) is 16.4. The lowest BCUT2D eigenvalue weighted by Crippen LogP contribution is -2.31. The average molecular weight is 307 g/mol. The molecule has 122 valence electrons. The number of amides is 1. The Balaban J connectivity index is 2.06. The van der Waals surface area contributed by atoms with E-state index in [1.807, 2.05) is 18.5 Å². The van der Waals surface area contributed by atoms with Crippen LogP contribution in [0.3, 0.4) is 0 Å². The Bertz CT molecular complexity index is 577. The minimum absolute atomic E-state index is 0.000882. The molecule has 1 N–H and O–H groups in total. The van der Waals surface area contributed by atoms with E-state index in [-0.39, 0.29) is 5.91 Å². The summed E-state index contributed by atoms with van der Waals surface area (Å²) in [5, 5.41) is 13.6. The van der Waals surface area contributed by atoms with Crippen LogP contribution in [0.25, 0.3) is 0 Å². The van der Waals surface area contributed by atoms with Crippen molar-refractivity contribution in [3.63, 3.8) is 0 Å². The molecule has 1 saturated heterocycles. The van der Waals surface area contributed by atoms with E-state index in [4.69, 9.17) is 5.11 Å². The van der Waals surface area contributed by atoms with E-state index >= 15 is 0 Å². The van der Waals surface area contributed by atoms with Crippen LogP contribution in [-0.4, -0.2) is 44.8 Å². The van der Waals surface area contributed by atoms with Gasteiger partial charge in [0.2, 0.25) is 5.91 Å². The van der Waals surface area contributed by atoms with Crippen LogP contribution < -0.4 is 0 Å². The van der Waals surface area contributed by atoms with Gasteiger partial charge in [0.25, 0.3) is 0 Å².